The minimum Gasteiger partial charge on any atom is -0.466 e. The standard InChI is InChI=1S/C12H13ClFNO2/c1-8(12(16)17-2)5-6-15-11-7-9(14)3-4-10(11)13/h3-5,7,15H,6H2,1-2H3/b8-5+. The van der Waals surface area contributed by atoms with E-state index in [1.807, 2.05) is 0 Å². The van der Waals surface area contributed by atoms with Gasteiger partial charge in [-0.3, -0.25) is 0 Å². The first-order valence-electron chi connectivity index (χ1n) is 4.98. The van der Waals surface area contributed by atoms with Gasteiger partial charge in [0.25, 0.3) is 0 Å². The highest BCUT2D eigenvalue weighted by molar-refractivity contribution is 6.33. The van der Waals surface area contributed by atoms with Crippen LogP contribution in [0.2, 0.25) is 5.02 Å². The molecular formula is C12H13ClFNO2. The molecule has 0 radical (unpaired) electrons. The van der Waals surface area contributed by atoms with Gasteiger partial charge in [0.15, 0.2) is 0 Å². The van der Waals surface area contributed by atoms with Crippen LogP contribution >= 0.6 is 11.6 Å². The molecule has 17 heavy (non-hydrogen) atoms. The molecular weight excluding hydrogens is 245 g/mol. The third-order valence-corrected chi connectivity index (χ3v) is 2.47. The highest BCUT2D eigenvalue weighted by atomic mass is 35.5. The van der Waals surface area contributed by atoms with Gasteiger partial charge in [0.05, 0.1) is 17.8 Å². The van der Waals surface area contributed by atoms with Crippen molar-refractivity contribution >= 4 is 23.3 Å². The number of hydrogen-bond donors (Lipinski definition) is 1. The Morgan fingerprint density at radius 2 is 2.29 bits per heavy atom. The van der Waals surface area contributed by atoms with Gasteiger partial charge in [-0.2, -0.15) is 0 Å². The molecule has 0 atom stereocenters. The van der Waals surface area contributed by atoms with E-state index >= 15 is 0 Å². The molecule has 0 heterocycles. The molecule has 1 N–H and O–H groups in total. The number of carbonyl (C=O) groups excluding carboxylic acids is 1. The van der Waals surface area contributed by atoms with Gasteiger partial charge in [-0.15, -0.1) is 0 Å². The second-order valence-electron chi connectivity index (χ2n) is 3.38. The summed E-state index contributed by atoms with van der Waals surface area (Å²) in [6, 6.07) is 4.04. The second kappa shape index (κ2) is 6.25. The Balaban J connectivity index is 2.62. The van der Waals surface area contributed by atoms with Crippen molar-refractivity contribution in [2.75, 3.05) is 19.0 Å². The number of esters is 1. The van der Waals surface area contributed by atoms with Gasteiger partial charge in [0.2, 0.25) is 0 Å². The van der Waals surface area contributed by atoms with Gasteiger partial charge >= 0.3 is 5.97 Å². The molecule has 1 aromatic carbocycles. The van der Waals surface area contributed by atoms with E-state index in [0.29, 0.717) is 22.8 Å². The summed E-state index contributed by atoms with van der Waals surface area (Å²) < 4.78 is 17.5. The molecule has 0 aliphatic carbocycles. The van der Waals surface area contributed by atoms with Crippen LogP contribution < -0.4 is 5.32 Å². The molecule has 92 valence electrons. The number of rotatable bonds is 4. The first-order valence-corrected chi connectivity index (χ1v) is 5.36. The van der Waals surface area contributed by atoms with Crippen LogP contribution in [-0.2, 0) is 9.53 Å². The summed E-state index contributed by atoms with van der Waals surface area (Å²) in [5.74, 6) is -0.761. The Morgan fingerprint density at radius 1 is 1.59 bits per heavy atom. The first kappa shape index (κ1) is 13.5. The van der Waals surface area contributed by atoms with E-state index in [1.54, 1.807) is 13.0 Å². The Hall–Kier alpha value is -1.55. The summed E-state index contributed by atoms with van der Waals surface area (Å²) in [5.41, 5.74) is 0.966. The number of hydrogen-bond acceptors (Lipinski definition) is 3. The van der Waals surface area contributed by atoms with Crippen molar-refractivity contribution in [2.45, 2.75) is 6.92 Å². The number of anilines is 1. The van der Waals surface area contributed by atoms with Gasteiger partial charge < -0.3 is 10.1 Å². The van der Waals surface area contributed by atoms with E-state index in [-0.39, 0.29) is 5.82 Å². The van der Waals surface area contributed by atoms with Crippen LogP contribution in [0.3, 0.4) is 0 Å². The van der Waals surface area contributed by atoms with Crippen molar-refractivity contribution in [1.82, 2.24) is 0 Å². The van der Waals surface area contributed by atoms with E-state index in [9.17, 15) is 9.18 Å². The fourth-order valence-electron chi connectivity index (χ4n) is 1.19. The van der Waals surface area contributed by atoms with Crippen LogP contribution in [0.5, 0.6) is 0 Å². The SMILES string of the molecule is COC(=O)/C(C)=C/CNc1cc(F)ccc1Cl. The second-order valence-corrected chi connectivity index (χ2v) is 3.79. The zero-order valence-electron chi connectivity index (χ0n) is 9.59. The molecule has 1 rings (SSSR count). The fourth-order valence-corrected chi connectivity index (χ4v) is 1.38. The van der Waals surface area contributed by atoms with E-state index in [0.717, 1.165) is 0 Å². The molecule has 0 unspecified atom stereocenters. The third-order valence-electron chi connectivity index (χ3n) is 2.14. The van der Waals surface area contributed by atoms with Crippen LogP contribution in [0.1, 0.15) is 6.92 Å². The van der Waals surface area contributed by atoms with E-state index in [4.69, 9.17) is 11.6 Å². The van der Waals surface area contributed by atoms with Crippen molar-refractivity contribution in [3.8, 4) is 0 Å². The largest absolute Gasteiger partial charge is 0.466 e. The van der Waals surface area contributed by atoms with Crippen molar-refractivity contribution in [3.05, 3.63) is 40.7 Å². The number of carbonyl (C=O) groups is 1. The Labute approximate surface area is 104 Å². The Bertz CT molecular complexity index is 446. The fraction of sp³-hybridized carbons (Fsp3) is 0.250. The van der Waals surface area contributed by atoms with Gasteiger partial charge in [0.1, 0.15) is 5.82 Å². The molecule has 0 saturated carbocycles. The molecule has 5 heteroatoms. The number of ether oxygens (including phenoxy) is 1. The molecule has 0 bridgehead atoms. The predicted molar refractivity (Wildman–Crippen MR) is 65.7 cm³/mol. The quantitative estimate of drug-likeness (QED) is 0.666. The zero-order valence-corrected chi connectivity index (χ0v) is 10.3. The minimum absolute atomic E-state index is 0.365. The summed E-state index contributed by atoms with van der Waals surface area (Å²) in [6.07, 6.45) is 1.65. The van der Waals surface area contributed by atoms with Crippen molar-refractivity contribution in [2.24, 2.45) is 0 Å². The number of halogens is 2. The topological polar surface area (TPSA) is 38.3 Å². The molecule has 0 aliphatic heterocycles. The Morgan fingerprint density at radius 3 is 2.94 bits per heavy atom. The molecule has 0 aliphatic rings. The van der Waals surface area contributed by atoms with Crippen molar-refractivity contribution < 1.29 is 13.9 Å². The maximum Gasteiger partial charge on any atom is 0.333 e. The summed E-state index contributed by atoms with van der Waals surface area (Å²) >= 11 is 5.86. The van der Waals surface area contributed by atoms with Gasteiger partial charge in [-0.1, -0.05) is 17.7 Å². The summed E-state index contributed by atoms with van der Waals surface area (Å²) in [4.78, 5) is 11.1. The lowest BCUT2D eigenvalue weighted by atomic mass is 10.2. The van der Waals surface area contributed by atoms with E-state index in [1.165, 1.54) is 25.3 Å². The molecule has 0 saturated heterocycles. The normalized spacial score (nSPS) is 11.2. The average Bonchev–Trinajstić information content (AvgIpc) is 2.32. The molecule has 0 aromatic heterocycles. The highest BCUT2D eigenvalue weighted by Crippen LogP contribution is 2.22. The lowest BCUT2D eigenvalue weighted by Crippen LogP contribution is -2.05. The zero-order chi connectivity index (χ0) is 12.8. The predicted octanol–water partition coefficient (Wildman–Crippen LogP) is 3.01. The number of methoxy groups -OCH3 is 1. The number of benzene rings is 1. The number of nitrogens with one attached hydrogen (secondary N) is 1. The summed E-state index contributed by atoms with van der Waals surface area (Å²) in [5, 5.41) is 3.33. The average molecular weight is 258 g/mol. The van der Waals surface area contributed by atoms with Crippen LogP contribution in [0.4, 0.5) is 10.1 Å². The van der Waals surface area contributed by atoms with Crippen LogP contribution in [0.15, 0.2) is 29.8 Å². The third kappa shape index (κ3) is 4.07. The van der Waals surface area contributed by atoms with E-state index < -0.39 is 5.97 Å². The van der Waals surface area contributed by atoms with Crippen molar-refractivity contribution in [1.29, 1.82) is 0 Å². The van der Waals surface area contributed by atoms with Gasteiger partial charge in [-0.05, 0) is 25.1 Å². The lowest BCUT2D eigenvalue weighted by molar-refractivity contribution is -0.136. The van der Waals surface area contributed by atoms with Gasteiger partial charge in [0, 0.05) is 12.1 Å². The van der Waals surface area contributed by atoms with Gasteiger partial charge in [-0.25, -0.2) is 9.18 Å². The lowest BCUT2D eigenvalue weighted by Gasteiger charge is -2.06. The monoisotopic (exact) mass is 257 g/mol. The maximum atomic E-state index is 12.9. The summed E-state index contributed by atoms with van der Waals surface area (Å²) in [7, 11) is 1.32. The van der Waals surface area contributed by atoms with Crippen LogP contribution in [0, 0.1) is 5.82 Å². The minimum atomic E-state index is -0.392. The smallest absolute Gasteiger partial charge is 0.333 e. The molecule has 0 spiro atoms. The molecule has 0 amide bonds. The first-order chi connectivity index (χ1) is 8.04. The molecule has 3 nitrogen and oxygen atoms in total. The molecule has 1 aromatic rings. The van der Waals surface area contributed by atoms with Crippen molar-refractivity contribution in [3.63, 3.8) is 0 Å². The van der Waals surface area contributed by atoms with E-state index in [2.05, 4.69) is 10.1 Å². The van der Waals surface area contributed by atoms with Crippen LogP contribution in [0.25, 0.3) is 0 Å². The Kier molecular flexibility index (Phi) is 4.97. The maximum absolute atomic E-state index is 12.9. The summed E-state index contributed by atoms with van der Waals surface area (Å²) in [6.45, 7) is 2.00. The highest BCUT2D eigenvalue weighted by Gasteiger charge is 2.03. The van der Waals surface area contributed by atoms with Crippen LogP contribution in [-0.4, -0.2) is 19.6 Å². The molecule has 0 fully saturated rings.